The van der Waals surface area contributed by atoms with E-state index in [1.54, 1.807) is 4.90 Å². The van der Waals surface area contributed by atoms with E-state index in [1.807, 2.05) is 0 Å². The number of aliphatic carboxylic acids is 1. The van der Waals surface area contributed by atoms with Gasteiger partial charge in [0.25, 0.3) is 5.91 Å². The zero-order valence-electron chi connectivity index (χ0n) is 13.6. The second kappa shape index (κ2) is 6.69. The van der Waals surface area contributed by atoms with Crippen LogP contribution in [0.4, 0.5) is 13.2 Å². The molecule has 0 aromatic heterocycles. The van der Waals surface area contributed by atoms with Crippen LogP contribution < -0.4 is 0 Å². The summed E-state index contributed by atoms with van der Waals surface area (Å²) in [5.41, 5.74) is -0.522. The summed E-state index contributed by atoms with van der Waals surface area (Å²) in [7, 11) is 0. The molecule has 136 valence electrons. The van der Waals surface area contributed by atoms with Crippen molar-refractivity contribution >= 4 is 11.9 Å². The Balaban J connectivity index is 1.77. The van der Waals surface area contributed by atoms with E-state index in [0.29, 0.717) is 12.8 Å². The minimum atomic E-state index is -4.42. The second-order valence-corrected chi connectivity index (χ2v) is 6.96. The first kappa shape index (κ1) is 17.8. The summed E-state index contributed by atoms with van der Waals surface area (Å²) in [5, 5.41) is 9.00. The number of carbonyl (C=O) groups excluding carboxylic acids is 1. The minimum Gasteiger partial charge on any atom is -0.481 e. The highest BCUT2D eigenvalue weighted by atomic mass is 19.4. The van der Waals surface area contributed by atoms with Gasteiger partial charge in [0.05, 0.1) is 5.56 Å². The number of carbonyl (C=O) groups is 2. The van der Waals surface area contributed by atoms with Gasteiger partial charge in [0.1, 0.15) is 0 Å². The number of nitrogens with zero attached hydrogens (tertiary/aromatic N) is 1. The van der Waals surface area contributed by atoms with E-state index in [4.69, 9.17) is 5.11 Å². The molecule has 2 aliphatic rings. The molecule has 0 saturated carbocycles. The molecule has 2 atom stereocenters. The number of piperidine rings is 2. The van der Waals surface area contributed by atoms with Crippen LogP contribution in [0.5, 0.6) is 0 Å². The van der Waals surface area contributed by atoms with Gasteiger partial charge < -0.3 is 10.0 Å². The average molecular weight is 355 g/mol. The number of hydrogen-bond donors (Lipinski definition) is 1. The lowest BCUT2D eigenvalue weighted by Crippen LogP contribution is -2.54. The summed E-state index contributed by atoms with van der Waals surface area (Å²) in [4.78, 5) is 25.6. The van der Waals surface area contributed by atoms with Crippen LogP contribution >= 0.6 is 0 Å². The van der Waals surface area contributed by atoms with Crippen molar-refractivity contribution in [3.63, 3.8) is 0 Å². The van der Waals surface area contributed by atoms with Gasteiger partial charge in [-0.1, -0.05) is 0 Å². The van der Waals surface area contributed by atoms with E-state index in [1.165, 1.54) is 12.1 Å². The monoisotopic (exact) mass is 355 g/mol. The molecule has 2 aliphatic heterocycles. The second-order valence-electron chi connectivity index (χ2n) is 6.96. The molecule has 2 bridgehead atoms. The highest BCUT2D eigenvalue weighted by molar-refractivity contribution is 5.94. The number of benzene rings is 1. The Morgan fingerprint density at radius 3 is 2.12 bits per heavy atom. The van der Waals surface area contributed by atoms with E-state index in [2.05, 4.69) is 0 Å². The van der Waals surface area contributed by atoms with Gasteiger partial charge in [-0.05, 0) is 62.3 Å². The number of carboxylic acid groups (broad SMARTS) is 1. The molecule has 2 fully saturated rings. The number of alkyl halides is 3. The summed E-state index contributed by atoms with van der Waals surface area (Å²) >= 11 is 0. The summed E-state index contributed by atoms with van der Waals surface area (Å²) in [6.45, 7) is 0. The smallest absolute Gasteiger partial charge is 0.416 e. The Hall–Kier alpha value is -2.05. The van der Waals surface area contributed by atoms with Crippen molar-refractivity contribution in [2.45, 2.75) is 56.8 Å². The molecule has 25 heavy (non-hydrogen) atoms. The maximum absolute atomic E-state index is 12.8. The summed E-state index contributed by atoms with van der Waals surface area (Å²) in [5.74, 6) is -1.02. The number of amides is 1. The lowest BCUT2D eigenvalue weighted by molar-refractivity contribution is -0.139. The molecular weight excluding hydrogens is 335 g/mol. The van der Waals surface area contributed by atoms with Crippen LogP contribution in [0.1, 0.15) is 54.4 Å². The Bertz CT molecular complexity index is 643. The number of halogens is 3. The third kappa shape index (κ3) is 3.80. The van der Waals surface area contributed by atoms with Gasteiger partial charge in [-0.25, -0.2) is 0 Å². The van der Waals surface area contributed by atoms with E-state index >= 15 is 0 Å². The standard InChI is InChI=1S/C18H20F3NO3/c19-18(20,21)13-6-4-12(5-7-13)17(25)22-14-2-1-3-15(22)9-11(8-14)10-16(23)24/h4-7,11,14-15H,1-3,8-10H2,(H,23,24). The van der Waals surface area contributed by atoms with Crippen LogP contribution in [0.3, 0.4) is 0 Å². The summed E-state index contributed by atoms with van der Waals surface area (Å²) in [6, 6.07) is 4.27. The number of carboxylic acids is 1. The maximum atomic E-state index is 12.8. The first-order valence-electron chi connectivity index (χ1n) is 8.47. The molecule has 2 unspecified atom stereocenters. The van der Waals surface area contributed by atoms with Crippen LogP contribution in [0.2, 0.25) is 0 Å². The lowest BCUT2D eigenvalue weighted by atomic mass is 9.77. The van der Waals surface area contributed by atoms with Gasteiger partial charge in [0.15, 0.2) is 0 Å². The highest BCUT2D eigenvalue weighted by Gasteiger charge is 2.41. The van der Waals surface area contributed by atoms with Crippen molar-refractivity contribution in [1.29, 1.82) is 0 Å². The molecule has 0 aliphatic carbocycles. The highest BCUT2D eigenvalue weighted by Crippen LogP contribution is 2.39. The SMILES string of the molecule is O=C(O)CC1CC2CCCC(C1)N2C(=O)c1ccc(C(F)(F)F)cc1. The maximum Gasteiger partial charge on any atom is 0.416 e. The topological polar surface area (TPSA) is 57.6 Å². The van der Waals surface area contributed by atoms with Gasteiger partial charge in [-0.3, -0.25) is 9.59 Å². The van der Waals surface area contributed by atoms with Crippen LogP contribution in [0.15, 0.2) is 24.3 Å². The van der Waals surface area contributed by atoms with Crippen molar-refractivity contribution in [2.75, 3.05) is 0 Å². The Morgan fingerprint density at radius 1 is 1.08 bits per heavy atom. The van der Waals surface area contributed by atoms with Crippen LogP contribution in [0, 0.1) is 5.92 Å². The Labute approximate surface area is 143 Å². The minimum absolute atomic E-state index is 0.0216. The van der Waals surface area contributed by atoms with Crippen LogP contribution in [-0.2, 0) is 11.0 Å². The molecule has 0 radical (unpaired) electrons. The van der Waals surface area contributed by atoms with Crippen LogP contribution in [0.25, 0.3) is 0 Å². The fourth-order valence-corrected chi connectivity index (χ4v) is 4.19. The van der Waals surface area contributed by atoms with Crippen molar-refractivity contribution in [1.82, 2.24) is 4.90 Å². The molecule has 1 aromatic rings. The third-order valence-corrected chi connectivity index (χ3v) is 5.23. The van der Waals surface area contributed by atoms with E-state index < -0.39 is 17.7 Å². The van der Waals surface area contributed by atoms with Crippen molar-refractivity contribution < 1.29 is 27.9 Å². The van der Waals surface area contributed by atoms with Gasteiger partial charge in [0.2, 0.25) is 0 Å². The fourth-order valence-electron chi connectivity index (χ4n) is 4.19. The number of fused-ring (bicyclic) bond motifs is 2. The normalized spacial score (nSPS) is 26.4. The van der Waals surface area contributed by atoms with Crippen molar-refractivity contribution in [3.05, 3.63) is 35.4 Å². The van der Waals surface area contributed by atoms with Gasteiger partial charge in [-0.2, -0.15) is 13.2 Å². The molecule has 1 N–H and O–H groups in total. The van der Waals surface area contributed by atoms with Crippen LogP contribution in [-0.4, -0.2) is 34.0 Å². The zero-order valence-corrected chi connectivity index (χ0v) is 13.6. The third-order valence-electron chi connectivity index (χ3n) is 5.23. The van der Waals surface area contributed by atoms with E-state index in [-0.39, 0.29) is 35.9 Å². The molecule has 4 nitrogen and oxygen atoms in total. The fraction of sp³-hybridized carbons (Fsp3) is 0.556. The number of hydrogen-bond acceptors (Lipinski definition) is 2. The lowest BCUT2D eigenvalue weighted by Gasteiger charge is -2.48. The largest absolute Gasteiger partial charge is 0.481 e. The molecule has 7 heteroatoms. The van der Waals surface area contributed by atoms with Crippen molar-refractivity contribution in [2.24, 2.45) is 5.92 Å². The first-order valence-corrected chi connectivity index (χ1v) is 8.47. The molecule has 1 amide bonds. The summed E-state index contributed by atoms with van der Waals surface area (Å²) in [6.07, 6.45) is -0.392. The molecule has 2 heterocycles. The molecular formula is C18H20F3NO3. The quantitative estimate of drug-likeness (QED) is 0.893. The van der Waals surface area contributed by atoms with E-state index in [9.17, 15) is 22.8 Å². The summed E-state index contributed by atoms with van der Waals surface area (Å²) < 4.78 is 38.0. The first-order chi connectivity index (χ1) is 11.8. The predicted octanol–water partition coefficient (Wildman–Crippen LogP) is 3.95. The predicted molar refractivity (Wildman–Crippen MR) is 84.0 cm³/mol. The Morgan fingerprint density at radius 2 is 1.64 bits per heavy atom. The van der Waals surface area contributed by atoms with E-state index in [0.717, 1.165) is 31.4 Å². The molecule has 1 aromatic carbocycles. The zero-order chi connectivity index (χ0) is 18.2. The van der Waals surface area contributed by atoms with Crippen molar-refractivity contribution in [3.8, 4) is 0 Å². The molecule has 0 spiro atoms. The van der Waals surface area contributed by atoms with Gasteiger partial charge in [-0.15, -0.1) is 0 Å². The van der Waals surface area contributed by atoms with Gasteiger partial charge in [0, 0.05) is 24.1 Å². The molecule has 2 saturated heterocycles. The number of rotatable bonds is 3. The van der Waals surface area contributed by atoms with Gasteiger partial charge >= 0.3 is 12.1 Å². The molecule has 3 rings (SSSR count). The average Bonchev–Trinajstić information content (AvgIpc) is 2.52. The Kier molecular flexibility index (Phi) is 4.75.